The summed E-state index contributed by atoms with van der Waals surface area (Å²) in [6, 6.07) is 5.29. The first-order valence-electron chi connectivity index (χ1n) is 11.0. The van der Waals surface area contributed by atoms with Crippen LogP contribution in [0.4, 0.5) is 18.9 Å². The Morgan fingerprint density at radius 2 is 1.97 bits per heavy atom. The Bertz CT molecular complexity index is 1090. The van der Waals surface area contributed by atoms with E-state index in [1.807, 2.05) is 0 Å². The van der Waals surface area contributed by atoms with Crippen molar-refractivity contribution in [2.75, 3.05) is 38.1 Å². The number of carbonyl (C=O) groups excluding carboxylic acids is 2. The van der Waals surface area contributed by atoms with Gasteiger partial charge in [0.1, 0.15) is 5.69 Å². The summed E-state index contributed by atoms with van der Waals surface area (Å²) in [7, 11) is 1.56. The van der Waals surface area contributed by atoms with Gasteiger partial charge >= 0.3 is 6.18 Å². The van der Waals surface area contributed by atoms with E-state index in [2.05, 4.69) is 10.3 Å². The van der Waals surface area contributed by atoms with Gasteiger partial charge in [0.25, 0.3) is 5.91 Å². The third kappa shape index (κ3) is 4.73. The van der Waals surface area contributed by atoms with Gasteiger partial charge in [-0.05, 0) is 42.9 Å². The van der Waals surface area contributed by atoms with Gasteiger partial charge in [-0.2, -0.15) is 18.4 Å². The lowest BCUT2D eigenvalue weighted by Crippen LogP contribution is -2.43. The van der Waals surface area contributed by atoms with E-state index in [9.17, 15) is 22.8 Å². The van der Waals surface area contributed by atoms with Gasteiger partial charge in [0.15, 0.2) is 0 Å². The molecular weight excluding hydrogens is 467 g/mol. The van der Waals surface area contributed by atoms with Crippen LogP contribution in [-0.4, -0.2) is 54.9 Å². The van der Waals surface area contributed by atoms with E-state index in [0.717, 1.165) is 6.07 Å². The molecule has 4 rings (SSSR count). The number of thiazole rings is 1. The highest BCUT2D eigenvalue weighted by molar-refractivity contribution is 7.07. The molecule has 34 heavy (non-hydrogen) atoms. The highest BCUT2D eigenvalue weighted by Gasteiger charge is 2.43. The van der Waals surface area contributed by atoms with E-state index in [1.165, 1.54) is 23.5 Å². The summed E-state index contributed by atoms with van der Waals surface area (Å²) in [5, 5.41) is 13.5. The summed E-state index contributed by atoms with van der Waals surface area (Å²) in [6.45, 7) is 1.83. The minimum absolute atomic E-state index is 0.0542. The van der Waals surface area contributed by atoms with Crippen LogP contribution < -0.4 is 10.2 Å². The number of anilines is 1. The number of halogens is 3. The number of nitrogens with one attached hydrogen (secondary N) is 1. The van der Waals surface area contributed by atoms with Crippen molar-refractivity contribution in [3.63, 3.8) is 0 Å². The maximum Gasteiger partial charge on any atom is 0.417 e. The van der Waals surface area contributed by atoms with Crippen molar-refractivity contribution in [2.24, 2.45) is 17.8 Å². The summed E-state index contributed by atoms with van der Waals surface area (Å²) >= 11 is 1.36. The Kier molecular flexibility index (Phi) is 6.79. The molecule has 3 heterocycles. The molecule has 2 aromatic rings. The van der Waals surface area contributed by atoms with Gasteiger partial charge in [-0.25, -0.2) is 4.98 Å². The molecule has 2 aliphatic heterocycles. The first-order valence-corrected chi connectivity index (χ1v) is 11.9. The first kappa shape index (κ1) is 24.0. The number of hydrogen-bond donors (Lipinski definition) is 1. The molecule has 0 saturated carbocycles. The lowest BCUT2D eigenvalue weighted by atomic mass is 9.78. The lowest BCUT2D eigenvalue weighted by Gasteiger charge is -2.36. The zero-order valence-electron chi connectivity index (χ0n) is 18.5. The Labute approximate surface area is 199 Å². The van der Waals surface area contributed by atoms with Crippen LogP contribution >= 0.6 is 11.3 Å². The molecule has 2 fully saturated rings. The maximum atomic E-state index is 13.5. The number of alkyl halides is 3. The Hall–Kier alpha value is -3.13. The van der Waals surface area contributed by atoms with Crippen LogP contribution in [0.3, 0.4) is 0 Å². The minimum Gasteiger partial charge on any atom is -0.370 e. The van der Waals surface area contributed by atoms with E-state index in [-0.39, 0.29) is 29.6 Å². The Morgan fingerprint density at radius 1 is 1.24 bits per heavy atom. The van der Waals surface area contributed by atoms with Gasteiger partial charge in [-0.3, -0.25) is 9.59 Å². The summed E-state index contributed by atoms with van der Waals surface area (Å²) < 4.78 is 40.4. The predicted octanol–water partition coefficient (Wildman–Crippen LogP) is 3.38. The number of aromatic nitrogens is 1. The standard InChI is InChI=1S/C23H24F3N5O2S/c1-28-21(32)18-11-31(16-3-2-15(9-27)19(8-16)23(24,25)26)10-17(18)14-4-6-30(7-5-14)22(33)20-12-34-13-29-20/h2-3,8,12-14,17-18H,4-7,10-11H2,1H3,(H,28,32)/t17-,18+/m0/s1. The number of hydrogen-bond acceptors (Lipinski definition) is 6. The third-order valence-corrected chi connectivity index (χ3v) is 7.41. The fraction of sp³-hybridized carbons (Fsp3) is 0.478. The number of rotatable bonds is 4. The normalized spacial score (nSPS) is 21.4. The molecule has 180 valence electrons. The highest BCUT2D eigenvalue weighted by atomic mass is 32.1. The smallest absolute Gasteiger partial charge is 0.370 e. The van der Waals surface area contributed by atoms with Crippen LogP contribution in [0, 0.1) is 29.1 Å². The van der Waals surface area contributed by atoms with Crippen molar-refractivity contribution in [1.82, 2.24) is 15.2 Å². The topological polar surface area (TPSA) is 89.3 Å². The molecular formula is C23H24F3N5O2S. The minimum atomic E-state index is -4.64. The van der Waals surface area contributed by atoms with Crippen molar-refractivity contribution in [3.05, 3.63) is 45.9 Å². The number of benzene rings is 1. The number of nitriles is 1. The molecule has 2 saturated heterocycles. The van der Waals surface area contributed by atoms with Crippen molar-refractivity contribution >= 4 is 28.8 Å². The zero-order chi connectivity index (χ0) is 24.5. The zero-order valence-corrected chi connectivity index (χ0v) is 19.3. The van der Waals surface area contributed by atoms with Crippen molar-refractivity contribution in [2.45, 2.75) is 19.0 Å². The second kappa shape index (κ2) is 9.62. The molecule has 11 heteroatoms. The molecule has 0 unspecified atom stereocenters. The summed E-state index contributed by atoms with van der Waals surface area (Å²) in [6.07, 6.45) is -3.22. The fourth-order valence-electron chi connectivity index (χ4n) is 5.05. The predicted molar refractivity (Wildman–Crippen MR) is 120 cm³/mol. The van der Waals surface area contributed by atoms with Gasteiger partial charge in [0, 0.05) is 44.3 Å². The van der Waals surface area contributed by atoms with Crippen LogP contribution in [0.2, 0.25) is 0 Å². The van der Waals surface area contributed by atoms with Gasteiger partial charge in [0.2, 0.25) is 5.91 Å². The van der Waals surface area contributed by atoms with Crippen LogP contribution in [-0.2, 0) is 11.0 Å². The van der Waals surface area contributed by atoms with Gasteiger partial charge in [-0.1, -0.05) is 0 Å². The van der Waals surface area contributed by atoms with E-state index < -0.39 is 17.3 Å². The van der Waals surface area contributed by atoms with Crippen molar-refractivity contribution in [1.29, 1.82) is 5.26 Å². The number of nitrogens with zero attached hydrogens (tertiary/aromatic N) is 4. The third-order valence-electron chi connectivity index (χ3n) is 6.83. The van der Waals surface area contributed by atoms with Crippen molar-refractivity contribution < 1.29 is 22.8 Å². The van der Waals surface area contributed by atoms with Gasteiger partial charge < -0.3 is 15.1 Å². The van der Waals surface area contributed by atoms with Gasteiger partial charge in [0.05, 0.1) is 28.6 Å². The van der Waals surface area contributed by atoms with Crippen molar-refractivity contribution in [3.8, 4) is 6.07 Å². The SMILES string of the molecule is CNC(=O)[C@@H]1CN(c2ccc(C#N)c(C(F)(F)F)c2)C[C@H]1C1CCN(C(=O)c2cscn2)CC1. The van der Waals surface area contributed by atoms with Crippen LogP contribution in [0.15, 0.2) is 29.1 Å². The number of carbonyl (C=O) groups is 2. The molecule has 2 atom stereocenters. The Balaban J connectivity index is 1.51. The van der Waals surface area contributed by atoms with E-state index in [1.54, 1.807) is 33.8 Å². The largest absolute Gasteiger partial charge is 0.417 e. The lowest BCUT2D eigenvalue weighted by molar-refractivity contribution is -0.137. The average molecular weight is 492 g/mol. The maximum absolute atomic E-state index is 13.5. The summed E-state index contributed by atoms with van der Waals surface area (Å²) in [4.78, 5) is 32.9. The van der Waals surface area contributed by atoms with Crippen LogP contribution in [0.1, 0.15) is 34.5 Å². The second-order valence-electron chi connectivity index (χ2n) is 8.63. The molecule has 1 N–H and O–H groups in total. The fourth-order valence-corrected chi connectivity index (χ4v) is 5.58. The highest BCUT2D eigenvalue weighted by Crippen LogP contribution is 2.40. The van der Waals surface area contributed by atoms with Gasteiger partial charge in [-0.15, -0.1) is 11.3 Å². The second-order valence-corrected chi connectivity index (χ2v) is 9.35. The molecule has 0 aliphatic carbocycles. The molecule has 0 bridgehead atoms. The molecule has 1 aromatic heterocycles. The average Bonchev–Trinajstić information content (AvgIpc) is 3.53. The molecule has 2 aliphatic rings. The van der Waals surface area contributed by atoms with Crippen LogP contribution in [0.5, 0.6) is 0 Å². The number of piperidine rings is 1. The molecule has 1 aromatic carbocycles. The number of likely N-dealkylation sites (tertiary alicyclic amines) is 1. The number of amides is 2. The van der Waals surface area contributed by atoms with E-state index in [4.69, 9.17) is 5.26 Å². The molecule has 0 spiro atoms. The summed E-state index contributed by atoms with van der Waals surface area (Å²) in [5.74, 6) is -0.513. The Morgan fingerprint density at radius 3 is 2.56 bits per heavy atom. The first-order chi connectivity index (χ1) is 16.2. The van der Waals surface area contributed by atoms with E-state index in [0.29, 0.717) is 50.4 Å². The molecule has 7 nitrogen and oxygen atoms in total. The molecule has 0 radical (unpaired) electrons. The quantitative estimate of drug-likeness (QED) is 0.708. The van der Waals surface area contributed by atoms with Crippen LogP contribution in [0.25, 0.3) is 0 Å². The van der Waals surface area contributed by atoms with E-state index >= 15 is 0 Å². The summed E-state index contributed by atoms with van der Waals surface area (Å²) in [5.41, 5.74) is 1.00. The monoisotopic (exact) mass is 491 g/mol. The molecule has 2 amide bonds.